The summed E-state index contributed by atoms with van der Waals surface area (Å²) in [6, 6.07) is 0. The van der Waals surface area contributed by atoms with Gasteiger partial charge in [-0.3, -0.25) is 0 Å². The van der Waals surface area contributed by atoms with E-state index < -0.39 is 0 Å². The van der Waals surface area contributed by atoms with Gasteiger partial charge in [0.05, 0.1) is 18.6 Å². The fourth-order valence-electron chi connectivity index (χ4n) is 3.75. The molecular weight excluding hydrogens is 318 g/mol. The maximum Gasteiger partial charge on any atom is 0.141 e. The van der Waals surface area contributed by atoms with Gasteiger partial charge in [0.1, 0.15) is 16.5 Å². The van der Waals surface area contributed by atoms with Gasteiger partial charge in [-0.15, -0.1) is 11.3 Å². The summed E-state index contributed by atoms with van der Waals surface area (Å²) in [6.45, 7) is 10.3. The highest BCUT2D eigenvalue weighted by Crippen LogP contribution is 2.41. The fourth-order valence-corrected chi connectivity index (χ4v) is 5.13. The van der Waals surface area contributed by atoms with Crippen molar-refractivity contribution in [2.45, 2.75) is 52.4 Å². The molecule has 0 radical (unpaired) electrons. The van der Waals surface area contributed by atoms with Crippen molar-refractivity contribution >= 4 is 27.4 Å². The molecule has 0 spiro atoms. The van der Waals surface area contributed by atoms with Gasteiger partial charge in [-0.1, -0.05) is 20.8 Å². The molecule has 3 heterocycles. The number of anilines is 1. The van der Waals surface area contributed by atoms with Gasteiger partial charge in [0.15, 0.2) is 0 Å². The Hall–Kier alpha value is -1.20. The molecule has 1 aliphatic carbocycles. The molecule has 0 aromatic carbocycles. The maximum absolute atomic E-state index is 5.56. The van der Waals surface area contributed by atoms with Crippen LogP contribution in [-0.2, 0) is 17.6 Å². The minimum Gasteiger partial charge on any atom is -0.378 e. The van der Waals surface area contributed by atoms with E-state index in [0.717, 1.165) is 44.5 Å². The average Bonchev–Trinajstić information content (AvgIpc) is 2.98. The first-order chi connectivity index (χ1) is 11.7. The van der Waals surface area contributed by atoms with E-state index in [1.807, 2.05) is 11.3 Å². The van der Waals surface area contributed by atoms with Crippen LogP contribution in [0.15, 0.2) is 0 Å². The van der Waals surface area contributed by atoms with Crippen LogP contribution in [0.25, 0.3) is 10.2 Å². The first-order valence-electron chi connectivity index (χ1n) is 9.32. The Morgan fingerprint density at radius 1 is 1.29 bits per heavy atom. The highest BCUT2D eigenvalue weighted by atomic mass is 32.1. The second-order valence-corrected chi connectivity index (χ2v) is 8.43. The fraction of sp³-hybridized carbons (Fsp3) is 0.684. The van der Waals surface area contributed by atoms with E-state index >= 15 is 0 Å². The van der Waals surface area contributed by atoms with Crippen molar-refractivity contribution in [2.75, 3.05) is 31.2 Å². The zero-order valence-electron chi connectivity index (χ0n) is 15.0. The third kappa shape index (κ3) is 2.82. The van der Waals surface area contributed by atoms with E-state index in [1.54, 1.807) is 4.88 Å². The second-order valence-electron chi connectivity index (χ2n) is 7.35. The van der Waals surface area contributed by atoms with Crippen LogP contribution in [0, 0.1) is 5.92 Å². The summed E-state index contributed by atoms with van der Waals surface area (Å²) >= 11 is 1.91. The quantitative estimate of drug-likeness (QED) is 0.837. The molecule has 1 saturated heterocycles. The van der Waals surface area contributed by atoms with E-state index in [-0.39, 0.29) is 0 Å². The van der Waals surface area contributed by atoms with Crippen LogP contribution >= 0.6 is 11.3 Å². The molecule has 2 aliphatic rings. The highest BCUT2D eigenvalue weighted by Gasteiger charge is 2.27. The van der Waals surface area contributed by atoms with Crippen LogP contribution in [0.3, 0.4) is 0 Å². The lowest BCUT2D eigenvalue weighted by Crippen LogP contribution is -2.37. The van der Waals surface area contributed by atoms with Crippen LogP contribution in [0.2, 0.25) is 0 Å². The number of morpholine rings is 1. The van der Waals surface area contributed by atoms with Crippen molar-refractivity contribution in [3.8, 4) is 0 Å². The highest BCUT2D eigenvalue weighted by molar-refractivity contribution is 7.19. The van der Waals surface area contributed by atoms with E-state index in [1.165, 1.54) is 40.9 Å². The van der Waals surface area contributed by atoms with Gasteiger partial charge in [0.25, 0.3) is 0 Å². The van der Waals surface area contributed by atoms with Crippen LogP contribution in [0.4, 0.5) is 5.82 Å². The van der Waals surface area contributed by atoms with Crippen LogP contribution in [0.5, 0.6) is 0 Å². The number of rotatable bonds is 3. The Bertz CT molecular complexity index is 736. The lowest BCUT2D eigenvalue weighted by Gasteiger charge is -2.29. The van der Waals surface area contributed by atoms with Gasteiger partial charge in [-0.2, -0.15) is 0 Å². The van der Waals surface area contributed by atoms with Gasteiger partial charge < -0.3 is 9.64 Å². The molecule has 2 unspecified atom stereocenters. The molecule has 4 nitrogen and oxygen atoms in total. The number of aromatic nitrogens is 2. The van der Waals surface area contributed by atoms with Crippen LogP contribution < -0.4 is 4.90 Å². The van der Waals surface area contributed by atoms with E-state index in [4.69, 9.17) is 14.7 Å². The third-order valence-corrected chi connectivity index (χ3v) is 6.67. The van der Waals surface area contributed by atoms with Gasteiger partial charge in [-0.25, -0.2) is 9.97 Å². The average molecular weight is 346 g/mol. The molecule has 130 valence electrons. The number of thiophene rings is 1. The molecule has 1 aliphatic heterocycles. The molecule has 0 N–H and O–H groups in total. The topological polar surface area (TPSA) is 38.2 Å². The summed E-state index contributed by atoms with van der Waals surface area (Å²) in [4.78, 5) is 15.2. The number of fused-ring (bicyclic) bond motifs is 3. The number of hydrogen-bond donors (Lipinski definition) is 0. The molecule has 5 heteroatoms. The normalized spacial score (nSPS) is 22.6. The molecular formula is C19H27N3OS. The molecule has 2 aromatic heterocycles. The van der Waals surface area contributed by atoms with Crippen molar-refractivity contribution in [2.24, 2.45) is 5.92 Å². The predicted molar refractivity (Wildman–Crippen MR) is 100 cm³/mol. The Labute approximate surface area is 148 Å². The predicted octanol–water partition coefficient (Wildman–Crippen LogP) is 4.17. The number of hydrogen-bond acceptors (Lipinski definition) is 5. The van der Waals surface area contributed by atoms with E-state index in [9.17, 15) is 0 Å². The molecule has 4 rings (SSSR count). The minimum absolute atomic E-state index is 0.409. The summed E-state index contributed by atoms with van der Waals surface area (Å²) in [7, 11) is 0. The van der Waals surface area contributed by atoms with Crippen molar-refractivity contribution < 1.29 is 4.74 Å². The SMILES string of the molecule is CCC(C)c1nc(N2CCOCC2)c2c3c(sc2n1)CC(C)CC3. The van der Waals surface area contributed by atoms with Gasteiger partial charge in [0.2, 0.25) is 0 Å². The Morgan fingerprint density at radius 3 is 2.83 bits per heavy atom. The van der Waals surface area contributed by atoms with Crippen LogP contribution in [0.1, 0.15) is 55.8 Å². The summed E-state index contributed by atoms with van der Waals surface area (Å²) in [5.41, 5.74) is 1.53. The van der Waals surface area contributed by atoms with Crippen molar-refractivity contribution in [1.29, 1.82) is 0 Å². The van der Waals surface area contributed by atoms with Crippen molar-refractivity contribution in [1.82, 2.24) is 9.97 Å². The largest absolute Gasteiger partial charge is 0.378 e. The molecule has 0 bridgehead atoms. The van der Waals surface area contributed by atoms with Crippen molar-refractivity contribution in [3.05, 3.63) is 16.3 Å². The smallest absolute Gasteiger partial charge is 0.141 e. The standard InChI is InChI=1S/C19H27N3OS/c1-4-13(3)17-20-18(22-7-9-23-10-8-22)16-14-6-5-12(2)11-15(14)24-19(16)21-17/h12-13H,4-11H2,1-3H3. The van der Waals surface area contributed by atoms with E-state index in [2.05, 4.69) is 25.7 Å². The number of nitrogens with zero attached hydrogens (tertiary/aromatic N) is 3. The van der Waals surface area contributed by atoms with Crippen LogP contribution in [-0.4, -0.2) is 36.3 Å². The van der Waals surface area contributed by atoms with E-state index in [0.29, 0.717) is 5.92 Å². The van der Waals surface area contributed by atoms with Gasteiger partial charge in [-0.05, 0) is 37.2 Å². The summed E-state index contributed by atoms with van der Waals surface area (Å²) in [5.74, 6) is 3.38. The first-order valence-corrected chi connectivity index (χ1v) is 10.1. The molecule has 1 fully saturated rings. The molecule has 24 heavy (non-hydrogen) atoms. The lowest BCUT2D eigenvalue weighted by molar-refractivity contribution is 0.122. The zero-order valence-corrected chi connectivity index (χ0v) is 15.8. The number of aryl methyl sites for hydroxylation is 1. The first kappa shape index (κ1) is 16.3. The summed E-state index contributed by atoms with van der Waals surface area (Å²) < 4.78 is 5.56. The van der Waals surface area contributed by atoms with Gasteiger partial charge >= 0.3 is 0 Å². The third-order valence-electron chi connectivity index (χ3n) is 5.52. The molecule has 0 amide bonds. The molecule has 2 atom stereocenters. The monoisotopic (exact) mass is 345 g/mol. The summed E-state index contributed by atoms with van der Waals surface area (Å²) in [5, 5.41) is 1.34. The minimum atomic E-state index is 0.409. The molecule has 2 aromatic rings. The Morgan fingerprint density at radius 2 is 2.08 bits per heavy atom. The Balaban J connectivity index is 1.88. The maximum atomic E-state index is 5.56. The lowest BCUT2D eigenvalue weighted by atomic mass is 9.89. The van der Waals surface area contributed by atoms with Gasteiger partial charge in [0, 0.05) is 23.9 Å². The second kappa shape index (κ2) is 6.60. The number of ether oxygens (including phenoxy) is 1. The zero-order chi connectivity index (χ0) is 16.7. The molecule has 0 saturated carbocycles. The Kier molecular flexibility index (Phi) is 4.48. The van der Waals surface area contributed by atoms with Crippen molar-refractivity contribution in [3.63, 3.8) is 0 Å². The summed E-state index contributed by atoms with van der Waals surface area (Å²) in [6.07, 6.45) is 4.75.